The molecule has 1 saturated heterocycles. The number of carbonyl (C=O) groups excluding carboxylic acids is 1. The van der Waals surface area contributed by atoms with E-state index < -0.39 is 28.8 Å². The van der Waals surface area contributed by atoms with E-state index in [0.29, 0.717) is 25.0 Å². The maximum absolute atomic E-state index is 15.2. The van der Waals surface area contributed by atoms with Crippen molar-refractivity contribution < 1.29 is 18.7 Å². The second-order valence-corrected chi connectivity index (χ2v) is 9.07. The van der Waals surface area contributed by atoms with Crippen molar-refractivity contribution in [3.8, 4) is 5.75 Å². The Balaban J connectivity index is 1.71. The van der Waals surface area contributed by atoms with Gasteiger partial charge in [0.2, 0.25) is 0 Å². The number of nitrogens with one attached hydrogen (secondary N) is 2. The average Bonchev–Trinajstić information content (AvgIpc) is 3.38. The Labute approximate surface area is 178 Å². The molecule has 0 bridgehead atoms. The predicted octanol–water partition coefficient (Wildman–Crippen LogP) is 2.28. The van der Waals surface area contributed by atoms with Crippen LogP contribution in [0.5, 0.6) is 5.75 Å². The molecule has 1 aromatic carbocycles. The molecule has 2 fully saturated rings. The third kappa shape index (κ3) is 4.11. The fourth-order valence-corrected chi connectivity index (χ4v) is 4.07. The minimum absolute atomic E-state index is 0.0424. The van der Waals surface area contributed by atoms with Crippen molar-refractivity contribution >= 4 is 22.7 Å². The molecule has 0 spiro atoms. The Kier molecular flexibility index (Phi) is 5.18. The van der Waals surface area contributed by atoms with Crippen LogP contribution in [0.15, 0.2) is 15.7 Å². The predicted molar refractivity (Wildman–Crippen MR) is 114 cm³/mol. The van der Waals surface area contributed by atoms with Crippen LogP contribution < -0.4 is 26.2 Å². The van der Waals surface area contributed by atoms with E-state index in [1.807, 2.05) is 0 Å². The second-order valence-electron chi connectivity index (χ2n) is 9.07. The van der Waals surface area contributed by atoms with Crippen LogP contribution in [0, 0.1) is 5.82 Å². The van der Waals surface area contributed by atoms with E-state index in [1.165, 1.54) is 11.7 Å². The fourth-order valence-electron chi connectivity index (χ4n) is 4.07. The van der Waals surface area contributed by atoms with Gasteiger partial charge in [-0.05, 0) is 46.1 Å². The minimum atomic E-state index is -0.647. The average molecular weight is 434 g/mol. The lowest BCUT2D eigenvalue weighted by molar-refractivity contribution is 0.0509. The van der Waals surface area contributed by atoms with Gasteiger partial charge in [0.1, 0.15) is 16.8 Å². The van der Waals surface area contributed by atoms with E-state index in [9.17, 15) is 14.4 Å². The van der Waals surface area contributed by atoms with Gasteiger partial charge in [-0.2, -0.15) is 0 Å². The topological polar surface area (TPSA) is 106 Å². The van der Waals surface area contributed by atoms with Crippen molar-refractivity contribution in [2.24, 2.45) is 0 Å². The molecule has 2 N–H and O–H groups in total. The van der Waals surface area contributed by atoms with Crippen LogP contribution in [0.2, 0.25) is 0 Å². The number of benzene rings is 1. The van der Waals surface area contributed by atoms with Crippen molar-refractivity contribution in [2.75, 3.05) is 25.1 Å². The molecular weight excluding hydrogens is 407 g/mol. The number of carbonyl (C=O) groups is 1. The molecule has 1 saturated carbocycles. The van der Waals surface area contributed by atoms with Crippen molar-refractivity contribution in [1.29, 1.82) is 0 Å². The summed E-state index contributed by atoms with van der Waals surface area (Å²) in [6.45, 7) is 6.16. The Bertz CT molecular complexity index is 1150. The summed E-state index contributed by atoms with van der Waals surface area (Å²) in [4.78, 5) is 41.0. The number of methoxy groups -OCH3 is 1. The third-order valence-electron chi connectivity index (χ3n) is 5.45. The van der Waals surface area contributed by atoms with Gasteiger partial charge >= 0.3 is 11.8 Å². The molecule has 1 atom stereocenters. The quantitative estimate of drug-likeness (QED) is 0.765. The molecule has 31 heavy (non-hydrogen) atoms. The van der Waals surface area contributed by atoms with E-state index in [1.54, 1.807) is 25.7 Å². The maximum Gasteiger partial charge on any atom is 0.407 e. The van der Waals surface area contributed by atoms with Gasteiger partial charge in [-0.3, -0.25) is 14.3 Å². The molecule has 9 nitrogen and oxygen atoms in total. The molecular formula is C21H27FN4O5. The lowest BCUT2D eigenvalue weighted by Gasteiger charge is -2.25. The Morgan fingerprint density at radius 2 is 1.97 bits per heavy atom. The standard InChI is InChI=1S/C21H27FN4O5/c1-21(2,3)31-20(29)23-11-7-8-25(10-11)16-14(22)9-13-15(17(16)30-4)26(12-5-6-12)19(28)24-18(13)27/h9,11-12H,5-8,10H2,1-4H3,(H,23,29)(H,24,27,28). The van der Waals surface area contributed by atoms with Gasteiger partial charge in [0.05, 0.1) is 18.5 Å². The van der Waals surface area contributed by atoms with Gasteiger partial charge in [0, 0.05) is 19.1 Å². The highest BCUT2D eigenvalue weighted by molar-refractivity contribution is 5.91. The zero-order chi connectivity index (χ0) is 22.5. The van der Waals surface area contributed by atoms with E-state index in [0.717, 1.165) is 18.9 Å². The Morgan fingerprint density at radius 3 is 2.58 bits per heavy atom. The number of rotatable bonds is 4. The van der Waals surface area contributed by atoms with Gasteiger partial charge in [0.25, 0.3) is 5.56 Å². The zero-order valence-corrected chi connectivity index (χ0v) is 18.1. The highest BCUT2D eigenvalue weighted by Gasteiger charge is 2.34. The first kappa shape index (κ1) is 21.2. The number of fused-ring (bicyclic) bond motifs is 1. The van der Waals surface area contributed by atoms with Gasteiger partial charge in [-0.1, -0.05) is 0 Å². The van der Waals surface area contributed by atoms with E-state index in [2.05, 4.69) is 10.3 Å². The summed E-state index contributed by atoms with van der Waals surface area (Å²) in [6, 6.07) is 0.873. The number of anilines is 1. The summed E-state index contributed by atoms with van der Waals surface area (Å²) in [5.74, 6) is -0.461. The lowest BCUT2D eigenvalue weighted by Crippen LogP contribution is -2.40. The summed E-state index contributed by atoms with van der Waals surface area (Å²) in [5.41, 5.74) is -1.30. The van der Waals surface area contributed by atoms with Gasteiger partial charge < -0.3 is 19.7 Å². The third-order valence-corrected chi connectivity index (χ3v) is 5.45. The molecule has 4 rings (SSSR count). The fraction of sp³-hybridized carbons (Fsp3) is 0.571. The van der Waals surface area contributed by atoms with Gasteiger partial charge in [-0.15, -0.1) is 0 Å². The van der Waals surface area contributed by atoms with Crippen molar-refractivity contribution in [3.63, 3.8) is 0 Å². The van der Waals surface area contributed by atoms with E-state index in [4.69, 9.17) is 9.47 Å². The van der Waals surface area contributed by atoms with Crippen molar-refractivity contribution in [1.82, 2.24) is 14.9 Å². The van der Waals surface area contributed by atoms with Gasteiger partial charge in [-0.25, -0.2) is 14.0 Å². The number of nitrogens with zero attached hydrogens (tertiary/aromatic N) is 2. The molecule has 1 aliphatic heterocycles. The molecule has 1 aromatic heterocycles. The number of aromatic amines is 1. The molecule has 0 radical (unpaired) electrons. The van der Waals surface area contributed by atoms with Crippen LogP contribution in [0.4, 0.5) is 14.9 Å². The second kappa shape index (κ2) is 7.58. The monoisotopic (exact) mass is 434 g/mol. The Hall–Kier alpha value is -3.04. The molecule has 168 valence electrons. The number of halogens is 1. The summed E-state index contributed by atoms with van der Waals surface area (Å²) >= 11 is 0. The normalized spacial score (nSPS) is 19.0. The molecule has 2 aromatic rings. The van der Waals surface area contributed by atoms with Crippen molar-refractivity contribution in [3.05, 3.63) is 32.7 Å². The summed E-state index contributed by atoms with van der Waals surface area (Å²) < 4.78 is 27.5. The number of hydrogen-bond acceptors (Lipinski definition) is 6. The highest BCUT2D eigenvalue weighted by Crippen LogP contribution is 2.42. The number of amides is 1. The summed E-state index contributed by atoms with van der Waals surface area (Å²) in [6.07, 6.45) is 1.68. The lowest BCUT2D eigenvalue weighted by atomic mass is 10.1. The molecule has 1 unspecified atom stereocenters. The van der Waals surface area contributed by atoms with Gasteiger partial charge in [0.15, 0.2) is 11.6 Å². The molecule has 10 heteroatoms. The SMILES string of the molecule is COc1c(N2CCC(NC(=O)OC(C)(C)C)C2)c(F)cc2c(=O)[nH]c(=O)n(C3CC3)c12. The number of aromatic nitrogens is 2. The van der Waals surface area contributed by atoms with Crippen LogP contribution >= 0.6 is 0 Å². The maximum atomic E-state index is 15.2. The van der Waals surface area contributed by atoms with Crippen LogP contribution in [0.1, 0.15) is 46.1 Å². The molecule has 1 aliphatic carbocycles. The largest absolute Gasteiger partial charge is 0.492 e. The summed E-state index contributed by atoms with van der Waals surface area (Å²) in [5, 5.41) is 2.89. The Morgan fingerprint density at radius 1 is 1.26 bits per heavy atom. The first-order valence-corrected chi connectivity index (χ1v) is 10.4. The number of hydrogen-bond donors (Lipinski definition) is 2. The zero-order valence-electron chi connectivity index (χ0n) is 18.1. The van der Waals surface area contributed by atoms with Crippen molar-refractivity contribution in [2.45, 2.75) is 57.7 Å². The minimum Gasteiger partial charge on any atom is -0.492 e. The van der Waals surface area contributed by atoms with Crippen LogP contribution in [-0.2, 0) is 4.74 Å². The molecule has 2 heterocycles. The molecule has 1 amide bonds. The van der Waals surface area contributed by atoms with E-state index >= 15 is 4.39 Å². The molecule has 2 aliphatic rings. The number of alkyl carbamates (subject to hydrolysis) is 1. The first-order chi connectivity index (χ1) is 14.6. The highest BCUT2D eigenvalue weighted by atomic mass is 19.1. The van der Waals surface area contributed by atoms with Crippen LogP contribution in [0.25, 0.3) is 10.9 Å². The number of ether oxygens (including phenoxy) is 2. The van der Waals surface area contributed by atoms with Crippen LogP contribution in [0.3, 0.4) is 0 Å². The first-order valence-electron chi connectivity index (χ1n) is 10.4. The summed E-state index contributed by atoms with van der Waals surface area (Å²) in [7, 11) is 1.40. The van der Waals surface area contributed by atoms with Crippen LogP contribution in [-0.4, -0.2) is 47.5 Å². The van der Waals surface area contributed by atoms with E-state index in [-0.39, 0.29) is 28.9 Å². The smallest absolute Gasteiger partial charge is 0.407 e. The number of H-pyrrole nitrogens is 1.